The van der Waals surface area contributed by atoms with Crippen LogP contribution in [-0.2, 0) is 19.7 Å². The van der Waals surface area contributed by atoms with Gasteiger partial charge in [0.2, 0.25) is 5.91 Å². The maximum Gasteiger partial charge on any atom is 0.294 e. The number of nitrogens with zero attached hydrogens (tertiary/aromatic N) is 2. The summed E-state index contributed by atoms with van der Waals surface area (Å²) in [6.07, 6.45) is 9.70. The van der Waals surface area contributed by atoms with Crippen LogP contribution in [0.1, 0.15) is 49.7 Å². The maximum atomic E-state index is 13.1. The smallest absolute Gasteiger partial charge is 0.294 e. The van der Waals surface area contributed by atoms with Crippen LogP contribution < -0.4 is 4.74 Å². The molecule has 0 spiro atoms. The molecule has 7 nitrogen and oxygen atoms in total. The normalized spacial score (nSPS) is 33.2. The number of benzene rings is 1. The second-order valence-corrected chi connectivity index (χ2v) is 11.9. The van der Waals surface area contributed by atoms with Crippen LogP contribution in [-0.4, -0.2) is 66.8 Å². The summed E-state index contributed by atoms with van der Waals surface area (Å²) in [5.74, 6) is 2.57. The first-order valence-electron chi connectivity index (χ1n) is 12.7. The Kier molecular flexibility index (Phi) is 5.92. The Morgan fingerprint density at radius 1 is 1.11 bits per heavy atom. The van der Waals surface area contributed by atoms with Crippen molar-refractivity contribution >= 4 is 34.9 Å². The molecule has 4 saturated carbocycles. The molecule has 6 fully saturated rings. The number of morpholine rings is 1. The van der Waals surface area contributed by atoms with Gasteiger partial charge in [-0.15, -0.1) is 0 Å². The molecule has 2 saturated heterocycles. The summed E-state index contributed by atoms with van der Waals surface area (Å²) in [5, 5.41) is -0.404. The van der Waals surface area contributed by atoms with E-state index in [0.717, 1.165) is 40.0 Å². The summed E-state index contributed by atoms with van der Waals surface area (Å²) >= 11 is 0.897. The molecule has 2 aliphatic heterocycles. The van der Waals surface area contributed by atoms with Gasteiger partial charge in [-0.25, -0.2) is 0 Å². The van der Waals surface area contributed by atoms with Gasteiger partial charge in [0, 0.05) is 18.7 Å². The minimum Gasteiger partial charge on any atom is -0.496 e. The van der Waals surface area contributed by atoms with E-state index >= 15 is 0 Å². The minimum absolute atomic E-state index is 0.224. The summed E-state index contributed by atoms with van der Waals surface area (Å²) in [4.78, 5) is 41.5. The van der Waals surface area contributed by atoms with Gasteiger partial charge in [-0.1, -0.05) is 6.07 Å². The number of hydrogen-bond acceptors (Lipinski definition) is 6. The van der Waals surface area contributed by atoms with Crippen LogP contribution in [0, 0.1) is 17.8 Å². The predicted molar refractivity (Wildman–Crippen MR) is 133 cm³/mol. The molecule has 8 heteroatoms. The van der Waals surface area contributed by atoms with Crippen LogP contribution >= 0.6 is 11.8 Å². The van der Waals surface area contributed by atoms with Crippen molar-refractivity contribution in [3.05, 3.63) is 34.2 Å². The van der Waals surface area contributed by atoms with Crippen molar-refractivity contribution in [1.82, 2.24) is 9.80 Å². The molecular formula is C27H32N2O5S. The molecule has 1 aromatic carbocycles. The van der Waals surface area contributed by atoms with Crippen LogP contribution in [0.2, 0.25) is 0 Å². The molecule has 3 amide bonds. The van der Waals surface area contributed by atoms with Gasteiger partial charge >= 0.3 is 0 Å². The molecule has 0 radical (unpaired) electrons. The van der Waals surface area contributed by atoms with E-state index < -0.39 is 11.1 Å². The largest absolute Gasteiger partial charge is 0.496 e. The van der Waals surface area contributed by atoms with Gasteiger partial charge in [0.1, 0.15) is 12.3 Å². The molecule has 7 rings (SSSR count). The number of carbonyl (C=O) groups excluding carboxylic acids is 3. The fourth-order valence-electron chi connectivity index (χ4n) is 7.47. The highest BCUT2D eigenvalue weighted by atomic mass is 32.2. The Hall–Kier alpha value is -2.32. The molecule has 35 heavy (non-hydrogen) atoms. The van der Waals surface area contributed by atoms with Crippen molar-refractivity contribution in [1.29, 1.82) is 0 Å². The Morgan fingerprint density at radius 3 is 2.40 bits per heavy atom. The van der Waals surface area contributed by atoms with E-state index in [1.807, 2.05) is 6.07 Å². The third-order valence-electron chi connectivity index (χ3n) is 8.70. The van der Waals surface area contributed by atoms with Crippen molar-refractivity contribution in [2.24, 2.45) is 17.8 Å². The molecule has 1 aromatic rings. The molecule has 186 valence electrons. The lowest BCUT2D eigenvalue weighted by molar-refractivity contribution is -0.139. The van der Waals surface area contributed by atoms with Gasteiger partial charge < -0.3 is 14.4 Å². The van der Waals surface area contributed by atoms with Crippen molar-refractivity contribution in [2.45, 2.75) is 43.9 Å². The first-order valence-corrected chi connectivity index (χ1v) is 13.6. The highest BCUT2D eigenvalue weighted by molar-refractivity contribution is 8.18. The third kappa shape index (κ3) is 4.18. The van der Waals surface area contributed by atoms with E-state index in [2.05, 4.69) is 12.1 Å². The number of rotatable bonds is 5. The molecule has 0 aromatic heterocycles. The van der Waals surface area contributed by atoms with Crippen LogP contribution in [0.3, 0.4) is 0 Å². The predicted octanol–water partition coefficient (Wildman–Crippen LogP) is 4.06. The van der Waals surface area contributed by atoms with Crippen LogP contribution in [0.15, 0.2) is 23.1 Å². The van der Waals surface area contributed by atoms with Gasteiger partial charge in [-0.2, -0.15) is 0 Å². The lowest BCUT2D eigenvalue weighted by atomic mass is 9.48. The highest BCUT2D eigenvalue weighted by Crippen LogP contribution is 2.61. The summed E-state index contributed by atoms with van der Waals surface area (Å²) in [7, 11) is 1.63. The van der Waals surface area contributed by atoms with Crippen molar-refractivity contribution in [2.75, 3.05) is 40.0 Å². The fourth-order valence-corrected chi connectivity index (χ4v) is 8.30. The van der Waals surface area contributed by atoms with Crippen molar-refractivity contribution < 1.29 is 23.9 Å². The third-order valence-corrected chi connectivity index (χ3v) is 9.61. The van der Waals surface area contributed by atoms with E-state index in [4.69, 9.17) is 9.47 Å². The number of hydrogen-bond donors (Lipinski definition) is 0. The maximum absolute atomic E-state index is 13.1. The Morgan fingerprint density at radius 2 is 1.77 bits per heavy atom. The molecule has 2 heterocycles. The quantitative estimate of drug-likeness (QED) is 0.573. The lowest BCUT2D eigenvalue weighted by Gasteiger charge is -2.57. The molecule has 4 aliphatic carbocycles. The summed E-state index contributed by atoms with van der Waals surface area (Å²) in [6.45, 7) is 1.70. The average molecular weight is 497 g/mol. The second-order valence-electron chi connectivity index (χ2n) is 10.9. The first-order chi connectivity index (χ1) is 16.9. The van der Waals surface area contributed by atoms with E-state index in [9.17, 15) is 14.4 Å². The van der Waals surface area contributed by atoms with Gasteiger partial charge in [0.15, 0.2) is 0 Å². The number of amides is 3. The molecule has 0 N–H and O–H groups in total. The Balaban J connectivity index is 1.25. The van der Waals surface area contributed by atoms with E-state index in [0.29, 0.717) is 37.0 Å². The van der Waals surface area contributed by atoms with E-state index in [1.165, 1.54) is 44.1 Å². The van der Waals surface area contributed by atoms with Crippen molar-refractivity contribution in [3.63, 3.8) is 0 Å². The SMILES string of the molecule is COc1ccc(C23CC4CC(CC(C4)C2)C3)cc1/C=C1/SC(=O)N(CC(=O)N2CCOCC2)C1=O. The number of carbonyl (C=O) groups is 3. The lowest BCUT2D eigenvalue weighted by Crippen LogP contribution is -2.48. The van der Waals surface area contributed by atoms with Crippen LogP contribution in [0.4, 0.5) is 4.79 Å². The average Bonchev–Trinajstić information content (AvgIpc) is 3.11. The number of ether oxygens (including phenoxy) is 2. The molecule has 0 unspecified atom stereocenters. The second kappa shape index (κ2) is 8.96. The minimum atomic E-state index is -0.413. The van der Waals surface area contributed by atoms with Gasteiger partial charge in [-0.05, 0) is 97.2 Å². The molecule has 6 aliphatic rings. The highest BCUT2D eigenvalue weighted by Gasteiger charge is 2.51. The molecular weight excluding hydrogens is 464 g/mol. The standard InChI is InChI=1S/C27H32N2O5S/c1-33-22-3-2-21(27-13-17-8-18(14-27)10-19(9-17)15-27)11-20(22)12-23-25(31)29(26(32)35-23)16-24(30)28-4-6-34-7-5-28/h2-3,11-12,17-19H,4-10,13-16H2,1H3/b23-12+. The van der Waals surface area contributed by atoms with Gasteiger partial charge in [-0.3, -0.25) is 19.3 Å². The summed E-state index contributed by atoms with van der Waals surface area (Å²) in [6, 6.07) is 6.39. The Bertz CT molecular complexity index is 1060. The summed E-state index contributed by atoms with van der Waals surface area (Å²) in [5.41, 5.74) is 2.39. The zero-order valence-electron chi connectivity index (χ0n) is 20.2. The fraction of sp³-hybridized carbons (Fsp3) is 0.593. The van der Waals surface area contributed by atoms with Gasteiger partial charge in [0.25, 0.3) is 11.1 Å². The zero-order valence-corrected chi connectivity index (χ0v) is 21.0. The summed E-state index contributed by atoms with van der Waals surface area (Å²) < 4.78 is 10.9. The number of methoxy groups -OCH3 is 1. The topological polar surface area (TPSA) is 76.2 Å². The van der Waals surface area contributed by atoms with Crippen molar-refractivity contribution in [3.8, 4) is 5.75 Å². The monoisotopic (exact) mass is 496 g/mol. The van der Waals surface area contributed by atoms with E-state index in [1.54, 1.807) is 18.1 Å². The van der Waals surface area contributed by atoms with E-state index in [-0.39, 0.29) is 17.9 Å². The Labute approximate surface area is 210 Å². The first kappa shape index (κ1) is 23.1. The number of thioether (sulfide) groups is 1. The molecule has 4 bridgehead atoms. The van der Waals surface area contributed by atoms with Gasteiger partial charge in [0.05, 0.1) is 25.2 Å². The number of imide groups is 1. The van der Waals surface area contributed by atoms with Crippen LogP contribution in [0.5, 0.6) is 5.75 Å². The van der Waals surface area contributed by atoms with Crippen LogP contribution in [0.25, 0.3) is 6.08 Å². The molecule has 0 atom stereocenters. The zero-order chi connectivity index (χ0) is 24.2.